The molecule has 1 N–H and O–H groups in total. The van der Waals surface area contributed by atoms with E-state index in [4.69, 9.17) is 4.98 Å². The molecule has 2 rings (SSSR count). The molecule has 6 nitrogen and oxygen atoms in total. The van der Waals surface area contributed by atoms with E-state index in [0.717, 1.165) is 44.5 Å². The van der Waals surface area contributed by atoms with Crippen LogP contribution in [-0.2, 0) is 0 Å². The SMILES string of the molecule is CCCNc1nc(N2CCCC2)nc(N(CC)C(C)C)n1. The van der Waals surface area contributed by atoms with Gasteiger partial charge in [-0.1, -0.05) is 6.92 Å². The molecule has 1 fully saturated rings. The van der Waals surface area contributed by atoms with E-state index in [0.29, 0.717) is 12.0 Å². The Kier molecular flexibility index (Phi) is 5.59. The Hall–Kier alpha value is -1.59. The molecule has 1 aromatic rings. The first-order valence-corrected chi connectivity index (χ1v) is 8.17. The summed E-state index contributed by atoms with van der Waals surface area (Å²) in [5.74, 6) is 2.29. The van der Waals surface area contributed by atoms with Crippen LogP contribution in [0.25, 0.3) is 0 Å². The van der Waals surface area contributed by atoms with Crippen LogP contribution in [0.1, 0.15) is 47.0 Å². The number of hydrogen-bond acceptors (Lipinski definition) is 6. The smallest absolute Gasteiger partial charge is 0.232 e. The molecule has 0 aliphatic carbocycles. The molecule has 0 bridgehead atoms. The third-order valence-electron chi connectivity index (χ3n) is 3.75. The average Bonchev–Trinajstić information content (AvgIpc) is 2.99. The predicted octanol–water partition coefficient (Wildman–Crippen LogP) is 2.53. The zero-order valence-electron chi connectivity index (χ0n) is 13.8. The number of aromatic nitrogens is 3. The van der Waals surface area contributed by atoms with E-state index in [9.17, 15) is 0 Å². The molecule has 0 amide bonds. The summed E-state index contributed by atoms with van der Waals surface area (Å²) in [6, 6.07) is 0.378. The fourth-order valence-electron chi connectivity index (χ4n) is 2.59. The molecule has 0 aromatic carbocycles. The number of hydrogen-bond donors (Lipinski definition) is 1. The van der Waals surface area contributed by atoms with Gasteiger partial charge in [0.25, 0.3) is 0 Å². The third-order valence-corrected chi connectivity index (χ3v) is 3.75. The highest BCUT2D eigenvalue weighted by molar-refractivity contribution is 5.46. The third kappa shape index (κ3) is 3.95. The lowest BCUT2D eigenvalue weighted by Gasteiger charge is -2.26. The molecule has 0 spiro atoms. The van der Waals surface area contributed by atoms with E-state index in [1.807, 2.05) is 0 Å². The molecular weight excluding hydrogens is 264 g/mol. The van der Waals surface area contributed by atoms with Crippen molar-refractivity contribution in [2.24, 2.45) is 0 Å². The van der Waals surface area contributed by atoms with Crippen molar-refractivity contribution in [2.45, 2.75) is 53.0 Å². The minimum Gasteiger partial charge on any atom is -0.354 e. The first-order chi connectivity index (χ1) is 10.2. The monoisotopic (exact) mass is 292 g/mol. The van der Waals surface area contributed by atoms with Gasteiger partial charge in [-0.15, -0.1) is 0 Å². The summed E-state index contributed by atoms with van der Waals surface area (Å²) in [6.07, 6.45) is 3.50. The summed E-state index contributed by atoms with van der Waals surface area (Å²) in [6.45, 7) is 12.5. The highest BCUT2D eigenvalue weighted by atomic mass is 15.4. The van der Waals surface area contributed by atoms with Crippen molar-refractivity contribution in [3.63, 3.8) is 0 Å². The van der Waals surface area contributed by atoms with Crippen molar-refractivity contribution < 1.29 is 0 Å². The second-order valence-electron chi connectivity index (χ2n) is 5.76. The number of nitrogens with zero attached hydrogens (tertiary/aromatic N) is 5. The molecule has 1 aliphatic heterocycles. The molecule has 0 saturated carbocycles. The topological polar surface area (TPSA) is 57.2 Å². The van der Waals surface area contributed by atoms with Crippen LogP contribution in [0.5, 0.6) is 0 Å². The molecule has 6 heteroatoms. The Bertz CT molecular complexity index is 442. The molecule has 0 atom stereocenters. The van der Waals surface area contributed by atoms with E-state index in [2.05, 4.69) is 52.8 Å². The van der Waals surface area contributed by atoms with Crippen LogP contribution in [0.4, 0.5) is 17.8 Å². The maximum atomic E-state index is 4.71. The highest BCUT2D eigenvalue weighted by Crippen LogP contribution is 2.21. The van der Waals surface area contributed by atoms with Crippen LogP contribution in [0.3, 0.4) is 0 Å². The lowest BCUT2D eigenvalue weighted by atomic mass is 10.3. The molecule has 0 radical (unpaired) electrons. The van der Waals surface area contributed by atoms with Crippen LogP contribution in [0, 0.1) is 0 Å². The van der Waals surface area contributed by atoms with Crippen LogP contribution in [0.2, 0.25) is 0 Å². The molecule has 1 aliphatic rings. The molecule has 118 valence electrons. The summed E-state index contributed by atoms with van der Waals surface area (Å²) in [4.78, 5) is 18.4. The van der Waals surface area contributed by atoms with Gasteiger partial charge in [-0.3, -0.25) is 0 Å². The summed E-state index contributed by atoms with van der Waals surface area (Å²) < 4.78 is 0. The predicted molar refractivity (Wildman–Crippen MR) is 88.2 cm³/mol. The lowest BCUT2D eigenvalue weighted by molar-refractivity contribution is 0.676. The number of nitrogens with one attached hydrogen (secondary N) is 1. The minimum atomic E-state index is 0.378. The Labute approximate surface area is 128 Å². The highest BCUT2D eigenvalue weighted by Gasteiger charge is 2.20. The van der Waals surface area contributed by atoms with Crippen LogP contribution in [-0.4, -0.2) is 47.2 Å². The molecule has 21 heavy (non-hydrogen) atoms. The fraction of sp³-hybridized carbons (Fsp3) is 0.800. The maximum Gasteiger partial charge on any atom is 0.232 e. The van der Waals surface area contributed by atoms with Crippen molar-refractivity contribution in [3.8, 4) is 0 Å². The summed E-state index contributed by atoms with van der Waals surface area (Å²) in [5, 5.41) is 3.30. The van der Waals surface area contributed by atoms with Gasteiger partial charge in [-0.05, 0) is 40.0 Å². The van der Waals surface area contributed by atoms with E-state index < -0.39 is 0 Å². The van der Waals surface area contributed by atoms with E-state index in [-0.39, 0.29) is 0 Å². The van der Waals surface area contributed by atoms with Crippen molar-refractivity contribution in [1.82, 2.24) is 15.0 Å². The van der Waals surface area contributed by atoms with E-state index >= 15 is 0 Å². The average molecular weight is 292 g/mol. The largest absolute Gasteiger partial charge is 0.354 e. The van der Waals surface area contributed by atoms with Crippen LogP contribution >= 0.6 is 0 Å². The molecular formula is C15H28N6. The van der Waals surface area contributed by atoms with Gasteiger partial charge in [0.05, 0.1) is 0 Å². The van der Waals surface area contributed by atoms with Crippen molar-refractivity contribution in [3.05, 3.63) is 0 Å². The first kappa shape index (κ1) is 15.8. The standard InChI is InChI=1S/C15H28N6/c1-5-9-16-13-17-14(20-10-7-8-11-20)19-15(18-13)21(6-2)12(3)4/h12H,5-11H2,1-4H3,(H,16,17,18,19). The van der Waals surface area contributed by atoms with Gasteiger partial charge in [0.2, 0.25) is 17.8 Å². The summed E-state index contributed by atoms with van der Waals surface area (Å²) >= 11 is 0. The maximum absolute atomic E-state index is 4.71. The Morgan fingerprint density at radius 1 is 1.14 bits per heavy atom. The van der Waals surface area contributed by atoms with Gasteiger partial charge in [0.15, 0.2) is 0 Å². The minimum absolute atomic E-state index is 0.378. The lowest BCUT2D eigenvalue weighted by Crippen LogP contribution is -2.33. The van der Waals surface area contributed by atoms with Crippen molar-refractivity contribution >= 4 is 17.8 Å². The normalized spacial score (nSPS) is 14.8. The Morgan fingerprint density at radius 2 is 1.86 bits per heavy atom. The van der Waals surface area contributed by atoms with Gasteiger partial charge < -0.3 is 15.1 Å². The van der Waals surface area contributed by atoms with Gasteiger partial charge >= 0.3 is 0 Å². The number of rotatable bonds is 7. The Balaban J connectivity index is 2.31. The molecule has 1 aromatic heterocycles. The zero-order chi connectivity index (χ0) is 15.2. The van der Waals surface area contributed by atoms with E-state index in [1.165, 1.54) is 12.8 Å². The summed E-state index contributed by atoms with van der Waals surface area (Å²) in [7, 11) is 0. The first-order valence-electron chi connectivity index (χ1n) is 8.17. The van der Waals surface area contributed by atoms with Crippen molar-refractivity contribution in [2.75, 3.05) is 41.3 Å². The fourth-order valence-corrected chi connectivity index (χ4v) is 2.59. The second-order valence-corrected chi connectivity index (χ2v) is 5.76. The van der Waals surface area contributed by atoms with Gasteiger partial charge in [0.1, 0.15) is 0 Å². The number of anilines is 3. The van der Waals surface area contributed by atoms with Crippen molar-refractivity contribution in [1.29, 1.82) is 0 Å². The van der Waals surface area contributed by atoms with Gasteiger partial charge in [-0.2, -0.15) is 15.0 Å². The quantitative estimate of drug-likeness (QED) is 0.833. The second kappa shape index (κ2) is 7.43. The summed E-state index contributed by atoms with van der Waals surface area (Å²) in [5.41, 5.74) is 0. The van der Waals surface area contributed by atoms with Gasteiger partial charge in [0, 0.05) is 32.2 Å². The Morgan fingerprint density at radius 3 is 2.43 bits per heavy atom. The van der Waals surface area contributed by atoms with Crippen LogP contribution in [0.15, 0.2) is 0 Å². The van der Waals surface area contributed by atoms with Crippen LogP contribution < -0.4 is 15.1 Å². The molecule has 0 unspecified atom stereocenters. The van der Waals surface area contributed by atoms with Gasteiger partial charge in [-0.25, -0.2) is 0 Å². The molecule has 1 saturated heterocycles. The zero-order valence-corrected chi connectivity index (χ0v) is 13.8. The van der Waals surface area contributed by atoms with E-state index in [1.54, 1.807) is 0 Å². The molecule has 2 heterocycles.